The fraction of sp³-hybridized carbons (Fsp3) is 0.548. The molecule has 0 amide bonds. The Hall–Kier alpha value is -2.67. The number of nitriles is 1. The van der Waals surface area contributed by atoms with E-state index in [2.05, 4.69) is 31.2 Å². The first-order chi connectivity index (χ1) is 17.1. The average Bonchev–Trinajstić information content (AvgIpc) is 2.90. The first-order valence-corrected chi connectivity index (χ1v) is 13.6. The van der Waals surface area contributed by atoms with Crippen molar-refractivity contribution in [2.45, 2.75) is 95.8 Å². The molecule has 0 heterocycles. The molecule has 0 aromatic heterocycles. The minimum Gasteiger partial charge on any atom is -0.425 e. The largest absolute Gasteiger partial charge is 0.425 e. The molecule has 2 fully saturated rings. The summed E-state index contributed by atoms with van der Waals surface area (Å²) in [4.78, 5) is 12.7. The van der Waals surface area contributed by atoms with Crippen molar-refractivity contribution >= 4 is 5.97 Å². The molecular formula is C31H38FNO2. The van der Waals surface area contributed by atoms with E-state index in [1.165, 1.54) is 74.6 Å². The highest BCUT2D eigenvalue weighted by atomic mass is 19.1. The van der Waals surface area contributed by atoms with Crippen molar-refractivity contribution in [3.63, 3.8) is 0 Å². The van der Waals surface area contributed by atoms with Gasteiger partial charge in [-0.15, -0.1) is 0 Å². The first kappa shape index (κ1) is 25.4. The van der Waals surface area contributed by atoms with Crippen LogP contribution in [0, 0.1) is 29.0 Å². The lowest BCUT2D eigenvalue weighted by Gasteiger charge is -2.30. The monoisotopic (exact) mass is 475 g/mol. The van der Waals surface area contributed by atoms with Gasteiger partial charge in [-0.3, -0.25) is 4.79 Å². The summed E-state index contributed by atoms with van der Waals surface area (Å²) >= 11 is 0. The molecule has 0 spiro atoms. The Labute approximate surface area is 209 Å². The number of benzene rings is 2. The van der Waals surface area contributed by atoms with E-state index in [4.69, 9.17) is 4.74 Å². The van der Waals surface area contributed by atoms with Crippen LogP contribution in [0.1, 0.15) is 112 Å². The summed E-state index contributed by atoms with van der Waals surface area (Å²) in [6.45, 7) is 2.28. The van der Waals surface area contributed by atoms with Crippen LogP contribution in [0.3, 0.4) is 0 Å². The van der Waals surface area contributed by atoms with Crippen molar-refractivity contribution < 1.29 is 13.9 Å². The lowest BCUT2D eigenvalue weighted by molar-refractivity contribution is -0.140. The van der Waals surface area contributed by atoms with E-state index in [0.717, 1.165) is 37.7 Å². The highest BCUT2D eigenvalue weighted by Crippen LogP contribution is 2.40. The molecule has 0 bridgehead atoms. The molecule has 2 aromatic rings. The molecule has 2 aliphatic rings. The maximum atomic E-state index is 13.3. The third-order valence-electron chi connectivity index (χ3n) is 8.28. The topological polar surface area (TPSA) is 50.1 Å². The molecule has 0 saturated heterocycles. The third kappa shape index (κ3) is 6.72. The quantitative estimate of drug-likeness (QED) is 0.219. The highest BCUT2D eigenvalue weighted by Gasteiger charge is 2.29. The summed E-state index contributed by atoms with van der Waals surface area (Å²) in [5, 5.41) is 9.17. The molecule has 0 aliphatic heterocycles. The standard InChI is InChI=1S/C31H38FNO2/c1-2-3-4-5-22-6-8-23(9-7-22)24-10-12-25(13-11-24)26-14-16-27(17-15-26)31(34)35-30-19-18-29(32)20-28(30)21-33/h10-13,18-20,22-23,26-27H,2-9,14-17H2,1H3/t22-,23-,26-,27-. The molecule has 0 N–H and O–H groups in total. The molecule has 2 saturated carbocycles. The van der Waals surface area contributed by atoms with Crippen LogP contribution in [0.5, 0.6) is 5.75 Å². The Morgan fingerprint density at radius 1 is 0.914 bits per heavy atom. The summed E-state index contributed by atoms with van der Waals surface area (Å²) in [5.41, 5.74) is 2.92. The number of rotatable bonds is 8. The Bertz CT molecular complexity index is 1010. The van der Waals surface area contributed by atoms with Crippen LogP contribution in [0.25, 0.3) is 0 Å². The van der Waals surface area contributed by atoms with Crippen LogP contribution in [0.4, 0.5) is 4.39 Å². The second-order valence-electron chi connectivity index (χ2n) is 10.6. The molecule has 3 nitrogen and oxygen atoms in total. The lowest BCUT2D eigenvalue weighted by atomic mass is 9.76. The van der Waals surface area contributed by atoms with Gasteiger partial charge in [-0.25, -0.2) is 4.39 Å². The van der Waals surface area contributed by atoms with Gasteiger partial charge in [0.1, 0.15) is 17.6 Å². The van der Waals surface area contributed by atoms with Crippen LogP contribution in [0.2, 0.25) is 0 Å². The smallest absolute Gasteiger partial charge is 0.314 e. The van der Waals surface area contributed by atoms with E-state index in [0.29, 0.717) is 11.8 Å². The van der Waals surface area contributed by atoms with Gasteiger partial charge in [0.15, 0.2) is 0 Å². The maximum Gasteiger partial charge on any atom is 0.314 e. The number of nitrogens with zero attached hydrogens (tertiary/aromatic N) is 1. The van der Waals surface area contributed by atoms with E-state index in [1.54, 1.807) is 0 Å². The first-order valence-electron chi connectivity index (χ1n) is 13.6. The fourth-order valence-electron chi connectivity index (χ4n) is 6.04. The van der Waals surface area contributed by atoms with Gasteiger partial charge in [-0.2, -0.15) is 5.26 Å². The zero-order chi connectivity index (χ0) is 24.6. The molecule has 0 atom stereocenters. The Morgan fingerprint density at radius 3 is 2.09 bits per heavy atom. The van der Waals surface area contributed by atoms with Crippen LogP contribution in [-0.2, 0) is 4.79 Å². The number of carbonyl (C=O) groups is 1. The van der Waals surface area contributed by atoms with Gasteiger partial charge in [0.25, 0.3) is 0 Å². The van der Waals surface area contributed by atoms with Gasteiger partial charge in [0.05, 0.1) is 11.5 Å². The van der Waals surface area contributed by atoms with E-state index in [-0.39, 0.29) is 23.2 Å². The number of unbranched alkanes of at least 4 members (excludes halogenated alkanes) is 2. The van der Waals surface area contributed by atoms with E-state index in [1.807, 2.05) is 6.07 Å². The molecule has 35 heavy (non-hydrogen) atoms. The summed E-state index contributed by atoms with van der Waals surface area (Å²) < 4.78 is 18.8. The fourth-order valence-corrected chi connectivity index (χ4v) is 6.04. The van der Waals surface area contributed by atoms with Crippen molar-refractivity contribution in [3.8, 4) is 11.8 Å². The molecule has 4 heteroatoms. The summed E-state index contributed by atoms with van der Waals surface area (Å²) in [7, 11) is 0. The summed E-state index contributed by atoms with van der Waals surface area (Å²) in [5.74, 6) is 1.27. The molecular weight excluding hydrogens is 437 g/mol. The van der Waals surface area contributed by atoms with Crippen molar-refractivity contribution in [1.29, 1.82) is 5.26 Å². The zero-order valence-corrected chi connectivity index (χ0v) is 21.0. The average molecular weight is 476 g/mol. The number of ether oxygens (including phenoxy) is 1. The van der Waals surface area contributed by atoms with Crippen LogP contribution >= 0.6 is 0 Å². The van der Waals surface area contributed by atoms with Crippen LogP contribution in [0.15, 0.2) is 42.5 Å². The minimum absolute atomic E-state index is 0.0529. The second kappa shape index (κ2) is 12.3. The highest BCUT2D eigenvalue weighted by molar-refractivity contribution is 5.76. The van der Waals surface area contributed by atoms with Crippen LogP contribution in [-0.4, -0.2) is 5.97 Å². The zero-order valence-electron chi connectivity index (χ0n) is 21.0. The SMILES string of the molecule is CCCCC[C@H]1CC[C@H](c2ccc([C@H]3CC[C@H](C(=O)Oc4ccc(F)cc4C#N)CC3)cc2)CC1. The van der Waals surface area contributed by atoms with E-state index >= 15 is 0 Å². The van der Waals surface area contributed by atoms with Crippen molar-refractivity contribution in [2.75, 3.05) is 0 Å². The van der Waals surface area contributed by atoms with Crippen LogP contribution < -0.4 is 4.74 Å². The second-order valence-corrected chi connectivity index (χ2v) is 10.6. The van der Waals surface area contributed by atoms with Gasteiger partial charge < -0.3 is 4.74 Å². The number of hydrogen-bond donors (Lipinski definition) is 0. The summed E-state index contributed by atoms with van der Waals surface area (Å²) in [6, 6.07) is 14.9. The molecule has 2 aliphatic carbocycles. The lowest BCUT2D eigenvalue weighted by Crippen LogP contribution is -2.25. The molecule has 0 unspecified atom stereocenters. The molecule has 4 rings (SSSR count). The van der Waals surface area contributed by atoms with Gasteiger partial charge in [-0.1, -0.05) is 56.9 Å². The molecule has 0 radical (unpaired) electrons. The summed E-state index contributed by atoms with van der Waals surface area (Å²) in [6.07, 6.45) is 14.4. The number of halogens is 1. The Kier molecular flexibility index (Phi) is 8.96. The van der Waals surface area contributed by atoms with E-state index in [9.17, 15) is 14.4 Å². The number of carbonyl (C=O) groups excluding carboxylic acids is 1. The normalized spacial score (nSPS) is 24.5. The van der Waals surface area contributed by atoms with Gasteiger partial charge in [0, 0.05) is 0 Å². The third-order valence-corrected chi connectivity index (χ3v) is 8.28. The molecule has 2 aromatic carbocycles. The Balaban J connectivity index is 1.25. The van der Waals surface area contributed by atoms with E-state index < -0.39 is 5.82 Å². The van der Waals surface area contributed by atoms with Crippen molar-refractivity contribution in [2.24, 2.45) is 11.8 Å². The Morgan fingerprint density at radius 2 is 1.51 bits per heavy atom. The number of esters is 1. The van der Waals surface area contributed by atoms with Gasteiger partial charge >= 0.3 is 5.97 Å². The van der Waals surface area contributed by atoms with Gasteiger partial charge in [0.2, 0.25) is 0 Å². The maximum absolute atomic E-state index is 13.3. The molecule has 186 valence electrons. The van der Waals surface area contributed by atoms with Crippen molar-refractivity contribution in [1.82, 2.24) is 0 Å². The van der Waals surface area contributed by atoms with Crippen molar-refractivity contribution in [3.05, 3.63) is 65.0 Å². The minimum atomic E-state index is -0.511. The number of hydrogen-bond acceptors (Lipinski definition) is 3. The predicted octanol–water partition coefficient (Wildman–Crippen LogP) is 8.43. The predicted molar refractivity (Wildman–Crippen MR) is 137 cm³/mol. The van der Waals surface area contributed by atoms with Gasteiger partial charge in [-0.05, 0) is 98.4 Å².